The Bertz CT molecular complexity index is 761. The number of hydrogen-bond acceptors (Lipinski definition) is 6. The molecule has 152 valence electrons. The zero-order valence-corrected chi connectivity index (χ0v) is 17.2. The lowest BCUT2D eigenvalue weighted by Crippen LogP contribution is -2.50. The first kappa shape index (κ1) is 20.3. The molecular weight excluding hydrogens is 356 g/mol. The first-order chi connectivity index (χ1) is 13.3. The van der Waals surface area contributed by atoms with Crippen LogP contribution in [0.15, 0.2) is 34.9 Å². The van der Waals surface area contributed by atoms with Gasteiger partial charge in [0.15, 0.2) is 5.82 Å². The highest BCUT2D eigenvalue weighted by atomic mass is 16.6. The van der Waals surface area contributed by atoms with E-state index in [1.807, 2.05) is 26.8 Å². The molecule has 0 aliphatic carbocycles. The third-order valence-electron chi connectivity index (χ3n) is 4.80. The average Bonchev–Trinajstić information content (AvgIpc) is 3.07. The summed E-state index contributed by atoms with van der Waals surface area (Å²) in [7, 11) is 0. The van der Waals surface area contributed by atoms with Gasteiger partial charge in [-0.15, -0.1) is 0 Å². The fraction of sp³-hybridized carbons (Fsp3) is 0.571. The van der Waals surface area contributed by atoms with Gasteiger partial charge in [-0.2, -0.15) is 4.98 Å². The van der Waals surface area contributed by atoms with Gasteiger partial charge in [0, 0.05) is 45.6 Å². The van der Waals surface area contributed by atoms with Gasteiger partial charge < -0.3 is 14.2 Å². The molecule has 1 fully saturated rings. The second kappa shape index (κ2) is 8.73. The second-order valence-corrected chi connectivity index (χ2v) is 8.20. The van der Waals surface area contributed by atoms with Crippen LogP contribution < -0.4 is 0 Å². The summed E-state index contributed by atoms with van der Waals surface area (Å²) >= 11 is 0. The third kappa shape index (κ3) is 5.55. The number of benzene rings is 1. The standard InChI is InChI=1S/C21H30N4O3/c1-16-22-19(23-28-16)11-10-18(17-8-6-5-7-9-17)24-12-14-25(15-13-24)20(26)27-21(2,3)4/h5-9,18H,10-15H2,1-4H3. The SMILES string of the molecule is Cc1nc(CCC(c2ccccc2)N2CCN(C(=O)OC(C)(C)C)CC2)no1. The van der Waals surface area contributed by atoms with Gasteiger partial charge in [0.05, 0.1) is 0 Å². The largest absolute Gasteiger partial charge is 0.444 e. The Labute approximate surface area is 166 Å². The van der Waals surface area contributed by atoms with Crippen LogP contribution in [-0.2, 0) is 11.2 Å². The van der Waals surface area contributed by atoms with Crippen LogP contribution in [0.2, 0.25) is 0 Å². The Kier molecular flexibility index (Phi) is 6.34. The maximum absolute atomic E-state index is 12.3. The Hall–Kier alpha value is -2.41. The van der Waals surface area contributed by atoms with Crippen LogP contribution in [0.3, 0.4) is 0 Å². The maximum atomic E-state index is 12.3. The molecule has 1 aliphatic heterocycles. The van der Waals surface area contributed by atoms with Crippen LogP contribution in [0.1, 0.15) is 50.5 Å². The smallest absolute Gasteiger partial charge is 0.410 e. The molecule has 1 amide bonds. The summed E-state index contributed by atoms with van der Waals surface area (Å²) in [5.74, 6) is 1.34. The zero-order valence-electron chi connectivity index (χ0n) is 17.2. The summed E-state index contributed by atoms with van der Waals surface area (Å²) in [5.41, 5.74) is 0.803. The van der Waals surface area contributed by atoms with Crippen molar-refractivity contribution in [3.05, 3.63) is 47.6 Å². The van der Waals surface area contributed by atoms with E-state index in [9.17, 15) is 4.79 Å². The Balaban J connectivity index is 1.64. The summed E-state index contributed by atoms with van der Waals surface area (Å²) in [6.45, 7) is 10.4. The first-order valence-electron chi connectivity index (χ1n) is 9.88. The van der Waals surface area contributed by atoms with Crippen molar-refractivity contribution in [2.45, 2.75) is 52.2 Å². The van der Waals surface area contributed by atoms with Crippen molar-refractivity contribution in [3.8, 4) is 0 Å². The second-order valence-electron chi connectivity index (χ2n) is 8.20. The molecule has 1 atom stereocenters. The summed E-state index contributed by atoms with van der Waals surface area (Å²) in [4.78, 5) is 20.9. The lowest BCUT2D eigenvalue weighted by molar-refractivity contribution is 0.00972. The highest BCUT2D eigenvalue weighted by Crippen LogP contribution is 2.27. The van der Waals surface area contributed by atoms with E-state index in [1.54, 1.807) is 11.8 Å². The number of amides is 1. The van der Waals surface area contributed by atoms with Gasteiger partial charge in [-0.3, -0.25) is 4.90 Å². The van der Waals surface area contributed by atoms with Crippen LogP contribution in [0.25, 0.3) is 0 Å². The van der Waals surface area contributed by atoms with Gasteiger partial charge in [-0.25, -0.2) is 4.79 Å². The normalized spacial score (nSPS) is 16.8. The Morgan fingerprint density at radius 1 is 1.18 bits per heavy atom. The molecule has 0 N–H and O–H groups in total. The van der Waals surface area contributed by atoms with Gasteiger partial charge >= 0.3 is 6.09 Å². The van der Waals surface area contributed by atoms with E-state index in [0.29, 0.717) is 19.0 Å². The van der Waals surface area contributed by atoms with Crippen molar-refractivity contribution in [1.29, 1.82) is 0 Å². The molecule has 3 rings (SSSR count). The molecule has 28 heavy (non-hydrogen) atoms. The topological polar surface area (TPSA) is 71.7 Å². The van der Waals surface area contributed by atoms with Gasteiger partial charge in [-0.05, 0) is 32.8 Å². The predicted molar refractivity (Wildman–Crippen MR) is 106 cm³/mol. The molecule has 2 aromatic rings. The summed E-state index contributed by atoms with van der Waals surface area (Å²) < 4.78 is 10.6. The number of carbonyl (C=O) groups is 1. The molecule has 1 aromatic heterocycles. The number of piperazine rings is 1. The minimum Gasteiger partial charge on any atom is -0.444 e. The van der Waals surface area contributed by atoms with E-state index in [-0.39, 0.29) is 12.1 Å². The summed E-state index contributed by atoms with van der Waals surface area (Å²) in [6, 6.07) is 10.7. The van der Waals surface area contributed by atoms with E-state index in [4.69, 9.17) is 9.26 Å². The van der Waals surface area contributed by atoms with E-state index in [0.717, 1.165) is 31.8 Å². The molecule has 1 aliphatic rings. The van der Waals surface area contributed by atoms with Crippen molar-refractivity contribution >= 4 is 6.09 Å². The maximum Gasteiger partial charge on any atom is 0.410 e. The number of nitrogens with zero attached hydrogens (tertiary/aromatic N) is 4. The van der Waals surface area contributed by atoms with E-state index in [1.165, 1.54) is 5.56 Å². The molecule has 7 heteroatoms. The lowest BCUT2D eigenvalue weighted by Gasteiger charge is -2.39. The van der Waals surface area contributed by atoms with Crippen molar-refractivity contribution in [2.75, 3.05) is 26.2 Å². The van der Waals surface area contributed by atoms with Gasteiger partial charge in [0.1, 0.15) is 5.60 Å². The molecule has 1 saturated heterocycles. The van der Waals surface area contributed by atoms with Crippen LogP contribution in [0.5, 0.6) is 0 Å². The van der Waals surface area contributed by atoms with Crippen molar-refractivity contribution in [3.63, 3.8) is 0 Å². The highest BCUT2D eigenvalue weighted by Gasteiger charge is 2.29. The third-order valence-corrected chi connectivity index (χ3v) is 4.80. The van der Waals surface area contributed by atoms with E-state index < -0.39 is 5.60 Å². The van der Waals surface area contributed by atoms with Crippen LogP contribution >= 0.6 is 0 Å². The van der Waals surface area contributed by atoms with Gasteiger partial charge in [0.2, 0.25) is 5.89 Å². The molecule has 0 radical (unpaired) electrons. The lowest BCUT2D eigenvalue weighted by atomic mass is 9.99. The fourth-order valence-corrected chi connectivity index (χ4v) is 3.49. The predicted octanol–water partition coefficient (Wildman–Crippen LogP) is 3.60. The molecule has 2 heterocycles. The van der Waals surface area contributed by atoms with Crippen molar-refractivity contribution in [2.24, 2.45) is 0 Å². The zero-order chi connectivity index (χ0) is 20.1. The number of hydrogen-bond donors (Lipinski definition) is 0. The number of ether oxygens (including phenoxy) is 1. The van der Waals surface area contributed by atoms with Crippen molar-refractivity contribution < 1.29 is 14.1 Å². The Morgan fingerprint density at radius 2 is 1.86 bits per heavy atom. The fourth-order valence-electron chi connectivity index (χ4n) is 3.49. The number of aromatic nitrogens is 2. The summed E-state index contributed by atoms with van der Waals surface area (Å²) in [6.07, 6.45) is 1.42. The van der Waals surface area contributed by atoms with Crippen molar-refractivity contribution in [1.82, 2.24) is 19.9 Å². The minimum absolute atomic E-state index is 0.231. The molecular formula is C21H30N4O3. The molecule has 1 aromatic carbocycles. The average molecular weight is 386 g/mol. The van der Waals surface area contributed by atoms with Crippen LogP contribution in [-0.4, -0.2) is 57.8 Å². The van der Waals surface area contributed by atoms with Crippen LogP contribution in [0.4, 0.5) is 4.79 Å². The number of aryl methyl sites for hydroxylation is 2. The minimum atomic E-state index is -0.469. The summed E-state index contributed by atoms with van der Waals surface area (Å²) in [5, 5.41) is 4.02. The number of rotatable bonds is 5. The van der Waals surface area contributed by atoms with E-state index >= 15 is 0 Å². The molecule has 0 saturated carbocycles. The molecule has 7 nitrogen and oxygen atoms in total. The van der Waals surface area contributed by atoms with E-state index in [2.05, 4.69) is 39.3 Å². The quantitative estimate of drug-likeness (QED) is 0.782. The first-order valence-corrected chi connectivity index (χ1v) is 9.88. The van der Waals surface area contributed by atoms with Crippen LogP contribution in [0, 0.1) is 6.92 Å². The molecule has 1 unspecified atom stereocenters. The molecule has 0 spiro atoms. The Morgan fingerprint density at radius 3 is 2.43 bits per heavy atom. The number of carbonyl (C=O) groups excluding carboxylic acids is 1. The highest BCUT2D eigenvalue weighted by molar-refractivity contribution is 5.68. The monoisotopic (exact) mass is 386 g/mol. The van der Waals surface area contributed by atoms with Gasteiger partial charge in [0.25, 0.3) is 0 Å². The van der Waals surface area contributed by atoms with Gasteiger partial charge in [-0.1, -0.05) is 35.5 Å². The molecule has 0 bridgehead atoms.